The van der Waals surface area contributed by atoms with Gasteiger partial charge in [0.15, 0.2) is 5.43 Å². The summed E-state index contributed by atoms with van der Waals surface area (Å²) >= 11 is 0. The molecule has 5 rings (SSSR count). The Morgan fingerprint density at radius 3 is 2.58 bits per heavy atom. The molecule has 0 amide bonds. The molecule has 0 saturated carbocycles. The smallest absolute Gasteiger partial charge is 0.333 e. The van der Waals surface area contributed by atoms with Crippen molar-refractivity contribution >= 4 is 43.1 Å². The lowest BCUT2D eigenvalue weighted by atomic mass is 9.92. The van der Waals surface area contributed by atoms with Crippen LogP contribution in [0.4, 0.5) is 3.89 Å². The Labute approximate surface area is 207 Å². The normalized spacial score (nSPS) is 12.1. The molecule has 0 aliphatic heterocycles. The van der Waals surface area contributed by atoms with Gasteiger partial charge < -0.3 is 9.55 Å². The minimum atomic E-state index is -4.93. The molecule has 0 bridgehead atoms. The van der Waals surface area contributed by atoms with Crippen LogP contribution in [0.25, 0.3) is 44.0 Å². The molecule has 0 unspecified atom stereocenters. The fourth-order valence-corrected chi connectivity index (χ4v) is 5.34. The summed E-state index contributed by atoms with van der Waals surface area (Å²) in [6.45, 7) is 6.61. The first-order chi connectivity index (χ1) is 17.1. The average molecular weight is 503 g/mol. The Morgan fingerprint density at radius 1 is 1.14 bits per heavy atom. The second-order valence-corrected chi connectivity index (χ2v) is 10.6. The summed E-state index contributed by atoms with van der Waals surface area (Å²) in [4.78, 5) is 20.6. The number of nitriles is 1. The monoisotopic (exact) mass is 502 g/mol. The van der Waals surface area contributed by atoms with Crippen molar-refractivity contribution in [3.63, 3.8) is 0 Å². The highest BCUT2D eigenvalue weighted by Crippen LogP contribution is 2.33. The summed E-state index contributed by atoms with van der Waals surface area (Å²) in [6.07, 6.45) is 3.10. The van der Waals surface area contributed by atoms with E-state index in [1.54, 1.807) is 18.2 Å². The van der Waals surface area contributed by atoms with Gasteiger partial charge in [-0.2, -0.15) is 13.7 Å². The van der Waals surface area contributed by atoms with Crippen LogP contribution in [-0.4, -0.2) is 23.0 Å². The maximum absolute atomic E-state index is 13.8. The van der Waals surface area contributed by atoms with Crippen LogP contribution in [0.2, 0.25) is 0 Å². The molecular weight excluding hydrogens is 479 g/mol. The number of aromatic nitrogens is 3. The van der Waals surface area contributed by atoms with Crippen molar-refractivity contribution in [2.45, 2.75) is 38.6 Å². The molecule has 182 valence electrons. The molecule has 0 radical (unpaired) electrons. The van der Waals surface area contributed by atoms with Crippen LogP contribution in [0.5, 0.6) is 0 Å². The number of hydrogen-bond donors (Lipinski definition) is 1. The molecule has 0 aliphatic rings. The topological polar surface area (TPSA) is 109 Å². The predicted octanol–water partition coefficient (Wildman–Crippen LogP) is 5.45. The van der Waals surface area contributed by atoms with Gasteiger partial charge in [-0.15, -0.1) is 3.89 Å². The van der Waals surface area contributed by atoms with Crippen molar-refractivity contribution in [2.24, 2.45) is 5.92 Å². The zero-order valence-electron chi connectivity index (χ0n) is 20.0. The summed E-state index contributed by atoms with van der Waals surface area (Å²) in [7, 11) is -4.93. The Balaban J connectivity index is 1.91. The quantitative estimate of drug-likeness (QED) is 0.322. The van der Waals surface area contributed by atoms with E-state index < -0.39 is 15.1 Å². The van der Waals surface area contributed by atoms with Crippen LogP contribution < -0.4 is 5.43 Å². The first-order valence-electron chi connectivity index (χ1n) is 11.6. The molecule has 0 fully saturated rings. The van der Waals surface area contributed by atoms with Crippen LogP contribution in [0.15, 0.2) is 58.5 Å². The standard InChI is InChI=1S/C27H23FN4O3S/c1-4-32-24-11-21(18-9-19(14-30-13-18)36(28,34)35)17(7-15(2)3)10-22(24)26(33)25-20-6-5-16(12-29)8-23(20)31-27(25)32/h5-6,8-11,13-15,31H,4,7H2,1-3H3. The van der Waals surface area contributed by atoms with Gasteiger partial charge in [0.05, 0.1) is 22.5 Å². The second-order valence-electron chi connectivity index (χ2n) is 9.27. The molecule has 9 heteroatoms. The van der Waals surface area contributed by atoms with Gasteiger partial charge in [0, 0.05) is 40.8 Å². The Bertz CT molecular complexity index is 1900. The highest BCUT2D eigenvalue weighted by atomic mass is 32.3. The van der Waals surface area contributed by atoms with Gasteiger partial charge in [-0.3, -0.25) is 9.78 Å². The first kappa shape index (κ1) is 23.7. The SMILES string of the molecule is CCn1c2cc(-c3cncc(S(=O)(=O)F)c3)c(CC(C)C)cc2c(=O)c2c3ccc(C#N)cc3[nH]c21. The maximum atomic E-state index is 13.8. The zero-order valence-corrected chi connectivity index (χ0v) is 20.8. The molecule has 3 aromatic heterocycles. The van der Waals surface area contributed by atoms with Crippen molar-refractivity contribution in [2.75, 3.05) is 0 Å². The van der Waals surface area contributed by atoms with Gasteiger partial charge in [0.1, 0.15) is 10.5 Å². The van der Waals surface area contributed by atoms with Crippen LogP contribution in [0.1, 0.15) is 31.9 Å². The predicted molar refractivity (Wildman–Crippen MR) is 138 cm³/mol. The van der Waals surface area contributed by atoms with Crippen molar-refractivity contribution in [1.82, 2.24) is 14.5 Å². The summed E-state index contributed by atoms with van der Waals surface area (Å²) in [5, 5.41) is 11.1. The van der Waals surface area contributed by atoms with Crippen LogP contribution in [-0.2, 0) is 23.2 Å². The number of benzene rings is 2. The van der Waals surface area contributed by atoms with Crippen molar-refractivity contribution < 1.29 is 12.3 Å². The number of H-pyrrole nitrogens is 1. The lowest BCUT2D eigenvalue weighted by Crippen LogP contribution is -2.12. The Hall–Kier alpha value is -4.03. The van der Waals surface area contributed by atoms with E-state index >= 15 is 0 Å². The van der Waals surface area contributed by atoms with Gasteiger partial charge in [-0.1, -0.05) is 19.9 Å². The molecule has 0 atom stereocenters. The average Bonchev–Trinajstić information content (AvgIpc) is 3.22. The minimum absolute atomic E-state index is 0.129. The largest absolute Gasteiger partial charge is 0.340 e. The minimum Gasteiger partial charge on any atom is -0.340 e. The van der Waals surface area contributed by atoms with E-state index in [-0.39, 0.29) is 11.3 Å². The van der Waals surface area contributed by atoms with Crippen LogP contribution in [0, 0.1) is 17.2 Å². The molecule has 7 nitrogen and oxygen atoms in total. The molecule has 0 aliphatic carbocycles. The van der Waals surface area contributed by atoms with E-state index in [0.717, 1.165) is 17.1 Å². The maximum Gasteiger partial charge on any atom is 0.333 e. The lowest BCUT2D eigenvalue weighted by Gasteiger charge is -2.17. The molecule has 2 aromatic carbocycles. The number of aromatic amines is 1. The molecule has 5 aromatic rings. The van der Waals surface area contributed by atoms with Gasteiger partial charge in [0.25, 0.3) is 0 Å². The molecule has 0 spiro atoms. The molecule has 36 heavy (non-hydrogen) atoms. The van der Waals surface area contributed by atoms with Crippen molar-refractivity contribution in [1.29, 1.82) is 5.26 Å². The van der Waals surface area contributed by atoms with Gasteiger partial charge in [0.2, 0.25) is 0 Å². The van der Waals surface area contributed by atoms with Crippen LogP contribution in [0.3, 0.4) is 0 Å². The number of nitrogens with one attached hydrogen (secondary N) is 1. The zero-order chi connectivity index (χ0) is 25.8. The molecule has 3 heterocycles. The van der Waals surface area contributed by atoms with Gasteiger partial charge in [-0.25, -0.2) is 0 Å². The number of pyridine rings is 2. The van der Waals surface area contributed by atoms with Gasteiger partial charge in [-0.05, 0) is 60.7 Å². The summed E-state index contributed by atoms with van der Waals surface area (Å²) in [5.41, 5.74) is 4.36. The number of aryl methyl sites for hydroxylation is 1. The first-order valence-corrected chi connectivity index (χ1v) is 13.0. The van der Waals surface area contributed by atoms with Crippen molar-refractivity contribution in [3.05, 3.63) is 70.1 Å². The second kappa shape index (κ2) is 8.57. The Kier molecular flexibility index (Phi) is 5.64. The van der Waals surface area contributed by atoms with E-state index in [0.29, 0.717) is 57.1 Å². The number of nitrogens with zero attached hydrogens (tertiary/aromatic N) is 3. The van der Waals surface area contributed by atoms with E-state index in [1.165, 1.54) is 12.3 Å². The van der Waals surface area contributed by atoms with E-state index in [2.05, 4.69) is 29.9 Å². The number of fused-ring (bicyclic) bond motifs is 4. The molecule has 0 saturated heterocycles. The number of rotatable bonds is 5. The summed E-state index contributed by atoms with van der Waals surface area (Å²) < 4.78 is 38.8. The fourth-order valence-electron chi connectivity index (χ4n) is 4.88. The van der Waals surface area contributed by atoms with Gasteiger partial charge >= 0.3 is 10.2 Å². The third kappa shape index (κ3) is 3.84. The third-order valence-electron chi connectivity index (χ3n) is 6.41. The molecule has 1 N–H and O–H groups in total. The fraction of sp³-hybridized carbons (Fsp3) is 0.222. The van der Waals surface area contributed by atoms with E-state index in [1.807, 2.05) is 23.6 Å². The highest BCUT2D eigenvalue weighted by Gasteiger charge is 2.20. The summed E-state index contributed by atoms with van der Waals surface area (Å²) in [6, 6.07) is 12.3. The summed E-state index contributed by atoms with van der Waals surface area (Å²) in [5.74, 6) is 0.247. The lowest BCUT2D eigenvalue weighted by molar-refractivity contribution is 0.551. The third-order valence-corrected chi connectivity index (χ3v) is 7.20. The van der Waals surface area contributed by atoms with Crippen molar-refractivity contribution in [3.8, 4) is 17.2 Å². The molecular formula is C27H23FN4O3S. The number of halogens is 1. The van der Waals surface area contributed by atoms with E-state index in [9.17, 15) is 22.4 Å². The Morgan fingerprint density at radius 2 is 1.92 bits per heavy atom. The van der Waals surface area contributed by atoms with E-state index in [4.69, 9.17) is 0 Å². The number of hydrogen-bond acceptors (Lipinski definition) is 5. The van der Waals surface area contributed by atoms with Crippen LogP contribution >= 0.6 is 0 Å². The highest BCUT2D eigenvalue weighted by molar-refractivity contribution is 7.86.